The highest BCUT2D eigenvalue weighted by Gasteiger charge is 2.33. The highest BCUT2D eigenvalue weighted by Crippen LogP contribution is 2.11. The first-order chi connectivity index (χ1) is 16.7. The number of hydrogen-bond acceptors (Lipinski definition) is 8. The minimum atomic E-state index is -1.50. The van der Waals surface area contributed by atoms with Crippen LogP contribution in [0, 0.1) is 5.92 Å². The number of nitrogens with zero attached hydrogens (tertiary/aromatic N) is 1. The van der Waals surface area contributed by atoms with Crippen LogP contribution in [0.1, 0.15) is 52.9 Å². The number of aliphatic hydroxyl groups is 1. The van der Waals surface area contributed by atoms with Crippen molar-refractivity contribution < 1.29 is 39.3 Å². The minimum Gasteiger partial charge on any atom is -0.481 e. The van der Waals surface area contributed by atoms with Crippen LogP contribution in [0.3, 0.4) is 0 Å². The fourth-order valence-corrected chi connectivity index (χ4v) is 3.00. The van der Waals surface area contributed by atoms with Gasteiger partial charge in [0.1, 0.15) is 24.2 Å². The van der Waals surface area contributed by atoms with Crippen molar-refractivity contribution in [2.45, 2.75) is 83.1 Å². The molecule has 0 saturated carbocycles. The number of nitrogens with one attached hydrogen (secondary N) is 3. The average molecular weight is 518 g/mol. The molecule has 0 rings (SSSR count). The van der Waals surface area contributed by atoms with E-state index in [-0.39, 0.29) is 37.7 Å². The number of aliphatic imine (C=N–C) groups is 1. The number of carboxylic acid groups (broad SMARTS) is 2. The van der Waals surface area contributed by atoms with Crippen LogP contribution in [-0.4, -0.2) is 87.8 Å². The second-order valence-corrected chi connectivity index (χ2v) is 8.48. The Hall–Kier alpha value is -3.46. The average Bonchev–Trinajstić information content (AvgIpc) is 2.79. The Morgan fingerprint density at radius 3 is 1.94 bits per heavy atom. The summed E-state index contributed by atoms with van der Waals surface area (Å²) in [5.41, 5.74) is 16.2. The van der Waals surface area contributed by atoms with Crippen molar-refractivity contribution >= 4 is 35.6 Å². The minimum absolute atomic E-state index is 0.00792. The van der Waals surface area contributed by atoms with E-state index in [9.17, 15) is 34.2 Å². The summed E-state index contributed by atoms with van der Waals surface area (Å²) in [6.07, 6.45) is -1.32. The fraction of sp³-hybridized carbons (Fsp3) is 0.714. The van der Waals surface area contributed by atoms with Gasteiger partial charge in [-0.1, -0.05) is 20.3 Å². The van der Waals surface area contributed by atoms with Crippen molar-refractivity contribution in [2.75, 3.05) is 6.54 Å². The Kier molecular flexibility index (Phi) is 14.7. The van der Waals surface area contributed by atoms with Gasteiger partial charge in [0.2, 0.25) is 17.7 Å². The Labute approximate surface area is 209 Å². The molecule has 12 N–H and O–H groups in total. The molecule has 3 amide bonds. The molecular weight excluding hydrogens is 478 g/mol. The largest absolute Gasteiger partial charge is 0.481 e. The summed E-state index contributed by atoms with van der Waals surface area (Å²) in [5, 5.41) is 35.0. The zero-order valence-electron chi connectivity index (χ0n) is 20.8. The molecule has 0 spiro atoms. The van der Waals surface area contributed by atoms with E-state index in [0.29, 0.717) is 6.42 Å². The van der Waals surface area contributed by atoms with Gasteiger partial charge >= 0.3 is 11.9 Å². The van der Waals surface area contributed by atoms with Crippen LogP contribution in [0.4, 0.5) is 0 Å². The van der Waals surface area contributed by atoms with E-state index >= 15 is 0 Å². The predicted molar refractivity (Wildman–Crippen MR) is 129 cm³/mol. The second kappa shape index (κ2) is 16.3. The molecule has 36 heavy (non-hydrogen) atoms. The molecule has 15 nitrogen and oxygen atoms in total. The van der Waals surface area contributed by atoms with Gasteiger partial charge in [0, 0.05) is 13.0 Å². The molecule has 0 aliphatic heterocycles. The van der Waals surface area contributed by atoms with Crippen LogP contribution in [-0.2, 0) is 24.0 Å². The number of carboxylic acids is 2. The third-order valence-electron chi connectivity index (χ3n) is 5.46. The maximum absolute atomic E-state index is 13.1. The second-order valence-electron chi connectivity index (χ2n) is 8.48. The summed E-state index contributed by atoms with van der Waals surface area (Å²) in [7, 11) is 0. The molecule has 0 aromatic rings. The first-order valence-electron chi connectivity index (χ1n) is 11.6. The lowest BCUT2D eigenvalue weighted by atomic mass is 9.96. The normalized spacial score (nSPS) is 15.8. The first kappa shape index (κ1) is 32.5. The number of hydrogen-bond donors (Lipinski definition) is 9. The summed E-state index contributed by atoms with van der Waals surface area (Å²) in [5.74, 6) is -5.59. The van der Waals surface area contributed by atoms with Crippen LogP contribution in [0.2, 0.25) is 0 Å². The van der Waals surface area contributed by atoms with Gasteiger partial charge in [0.25, 0.3) is 0 Å². The molecule has 6 atom stereocenters. The molecule has 0 aromatic heterocycles. The van der Waals surface area contributed by atoms with Crippen LogP contribution < -0.4 is 33.2 Å². The van der Waals surface area contributed by atoms with E-state index in [4.69, 9.17) is 22.3 Å². The summed E-state index contributed by atoms with van der Waals surface area (Å²) in [6, 6.07) is -5.14. The topological polar surface area (TPSA) is 273 Å². The van der Waals surface area contributed by atoms with Crippen molar-refractivity contribution in [3.8, 4) is 0 Å². The molecule has 206 valence electrons. The maximum atomic E-state index is 13.1. The Balaban J connectivity index is 5.71. The predicted octanol–water partition coefficient (Wildman–Crippen LogP) is -2.80. The molecule has 0 saturated heterocycles. The van der Waals surface area contributed by atoms with Gasteiger partial charge in [0.05, 0.1) is 6.10 Å². The molecule has 0 heterocycles. The smallest absolute Gasteiger partial charge is 0.326 e. The standard InChI is InChI=1S/C21H39N7O8/c1-4-10(2)16(28-18(33)15(22)11(3)29)19(34)26-12(6-5-9-25-21(23)24)17(32)27-13(20(35)36)7-8-14(30)31/h10-13,15-16,29H,4-9,22H2,1-3H3,(H,26,34)(H,27,32)(H,28,33)(H,30,31)(H,35,36)(H4,23,24,25). The number of carbonyl (C=O) groups excluding carboxylic acids is 3. The van der Waals surface area contributed by atoms with E-state index in [2.05, 4.69) is 20.9 Å². The van der Waals surface area contributed by atoms with Crippen molar-refractivity contribution in [2.24, 2.45) is 28.1 Å². The number of rotatable bonds is 17. The highest BCUT2D eigenvalue weighted by atomic mass is 16.4. The lowest BCUT2D eigenvalue weighted by Gasteiger charge is -2.28. The molecule has 0 radical (unpaired) electrons. The number of nitrogens with two attached hydrogens (primary N) is 3. The van der Waals surface area contributed by atoms with Crippen molar-refractivity contribution in [1.29, 1.82) is 0 Å². The number of amides is 3. The molecule has 0 bridgehead atoms. The van der Waals surface area contributed by atoms with Gasteiger partial charge in [-0.2, -0.15) is 0 Å². The fourth-order valence-electron chi connectivity index (χ4n) is 3.00. The molecule has 0 aliphatic carbocycles. The van der Waals surface area contributed by atoms with Gasteiger partial charge < -0.3 is 48.5 Å². The molecular formula is C21H39N7O8. The Morgan fingerprint density at radius 1 is 0.889 bits per heavy atom. The van der Waals surface area contributed by atoms with E-state index in [0.717, 1.165) is 0 Å². The van der Waals surface area contributed by atoms with Crippen molar-refractivity contribution in [3.05, 3.63) is 0 Å². The first-order valence-corrected chi connectivity index (χ1v) is 11.6. The SMILES string of the molecule is CCC(C)C(NC(=O)C(N)C(C)O)C(=O)NC(CCCN=C(N)N)C(=O)NC(CCC(=O)O)C(=O)O. The monoisotopic (exact) mass is 517 g/mol. The molecule has 0 fully saturated rings. The number of carbonyl (C=O) groups is 5. The van der Waals surface area contributed by atoms with Crippen LogP contribution in [0.25, 0.3) is 0 Å². The Morgan fingerprint density at radius 2 is 1.47 bits per heavy atom. The van der Waals surface area contributed by atoms with E-state index in [1.54, 1.807) is 13.8 Å². The summed E-state index contributed by atoms with van der Waals surface area (Å²) >= 11 is 0. The number of aliphatic carboxylic acids is 2. The lowest BCUT2D eigenvalue weighted by molar-refractivity contribution is -0.143. The third-order valence-corrected chi connectivity index (χ3v) is 5.46. The molecule has 0 aromatic carbocycles. The van der Waals surface area contributed by atoms with Gasteiger partial charge in [0.15, 0.2) is 5.96 Å². The summed E-state index contributed by atoms with van der Waals surface area (Å²) in [6.45, 7) is 4.92. The van der Waals surface area contributed by atoms with Gasteiger partial charge in [-0.3, -0.25) is 24.2 Å². The zero-order chi connectivity index (χ0) is 28.0. The van der Waals surface area contributed by atoms with Crippen LogP contribution in [0.15, 0.2) is 4.99 Å². The maximum Gasteiger partial charge on any atom is 0.326 e. The van der Waals surface area contributed by atoms with Gasteiger partial charge in [-0.15, -0.1) is 0 Å². The molecule has 6 unspecified atom stereocenters. The van der Waals surface area contributed by atoms with Crippen LogP contribution in [0.5, 0.6) is 0 Å². The highest BCUT2D eigenvalue weighted by molar-refractivity contribution is 5.94. The Bertz CT molecular complexity index is 801. The van der Waals surface area contributed by atoms with E-state index in [1.807, 2.05) is 0 Å². The summed E-state index contributed by atoms with van der Waals surface area (Å²) < 4.78 is 0. The zero-order valence-corrected chi connectivity index (χ0v) is 20.8. The van der Waals surface area contributed by atoms with E-state index in [1.165, 1.54) is 6.92 Å². The molecule has 15 heteroatoms. The molecule has 0 aliphatic rings. The van der Waals surface area contributed by atoms with Gasteiger partial charge in [-0.25, -0.2) is 4.79 Å². The third kappa shape index (κ3) is 12.3. The van der Waals surface area contributed by atoms with Gasteiger partial charge in [-0.05, 0) is 32.1 Å². The van der Waals surface area contributed by atoms with Crippen molar-refractivity contribution in [1.82, 2.24) is 16.0 Å². The summed E-state index contributed by atoms with van der Waals surface area (Å²) in [4.78, 5) is 64.4. The quantitative estimate of drug-likeness (QED) is 0.0539. The number of guanidine groups is 1. The number of aliphatic hydroxyl groups excluding tert-OH is 1. The van der Waals surface area contributed by atoms with Crippen molar-refractivity contribution in [3.63, 3.8) is 0 Å². The van der Waals surface area contributed by atoms with E-state index < -0.39 is 66.4 Å². The van der Waals surface area contributed by atoms with Crippen LogP contribution >= 0.6 is 0 Å². The lowest BCUT2D eigenvalue weighted by Crippen LogP contribution is -2.59.